The van der Waals surface area contributed by atoms with Crippen LogP contribution in [0.3, 0.4) is 0 Å². The second-order valence-corrected chi connectivity index (χ2v) is 8.31. The molecule has 1 amide bonds. The molecule has 1 aliphatic heterocycles. The molecule has 8 heteroatoms. The fourth-order valence-corrected chi connectivity index (χ4v) is 4.52. The van der Waals surface area contributed by atoms with E-state index < -0.39 is 10.0 Å². The van der Waals surface area contributed by atoms with E-state index in [2.05, 4.69) is 10.3 Å². The highest BCUT2D eigenvalue weighted by Gasteiger charge is 2.26. The predicted octanol–water partition coefficient (Wildman–Crippen LogP) is 2.51. The Morgan fingerprint density at radius 1 is 1.00 bits per heavy atom. The average molecular weight is 397 g/mol. The molecule has 0 bridgehead atoms. The van der Waals surface area contributed by atoms with E-state index in [0.29, 0.717) is 37.6 Å². The summed E-state index contributed by atoms with van der Waals surface area (Å²) in [4.78, 5) is 17.1. The van der Waals surface area contributed by atoms with Crippen molar-refractivity contribution in [2.24, 2.45) is 0 Å². The molecule has 2 aromatic carbocycles. The third kappa shape index (κ3) is 3.62. The summed E-state index contributed by atoms with van der Waals surface area (Å²) in [6.45, 7) is 1.44. The van der Waals surface area contributed by atoms with Gasteiger partial charge in [0.1, 0.15) is 0 Å². The lowest BCUT2D eigenvalue weighted by Gasteiger charge is -2.26. The molecule has 2 heterocycles. The molecule has 4 rings (SSSR count). The van der Waals surface area contributed by atoms with Gasteiger partial charge in [-0.05, 0) is 36.4 Å². The van der Waals surface area contributed by atoms with Crippen LogP contribution in [-0.2, 0) is 14.8 Å². The number of hydrogen-bond acceptors (Lipinski definition) is 5. The first-order valence-electron chi connectivity index (χ1n) is 8.89. The van der Waals surface area contributed by atoms with Crippen molar-refractivity contribution in [1.82, 2.24) is 9.29 Å². The third-order valence-corrected chi connectivity index (χ3v) is 6.53. The van der Waals surface area contributed by atoms with Crippen LogP contribution in [0.4, 0.5) is 5.69 Å². The molecular weight excluding hydrogens is 378 g/mol. The van der Waals surface area contributed by atoms with Crippen molar-refractivity contribution < 1.29 is 17.9 Å². The summed E-state index contributed by atoms with van der Waals surface area (Å²) >= 11 is 0. The van der Waals surface area contributed by atoms with Gasteiger partial charge >= 0.3 is 0 Å². The number of morpholine rings is 1. The molecular formula is C20H19N3O4S. The fraction of sp³-hybridized carbons (Fsp3) is 0.200. The van der Waals surface area contributed by atoms with Gasteiger partial charge in [-0.3, -0.25) is 9.78 Å². The Morgan fingerprint density at radius 3 is 2.46 bits per heavy atom. The van der Waals surface area contributed by atoms with Gasteiger partial charge in [-0.25, -0.2) is 8.42 Å². The van der Waals surface area contributed by atoms with E-state index in [4.69, 9.17) is 4.74 Å². The zero-order valence-electron chi connectivity index (χ0n) is 15.0. The zero-order valence-corrected chi connectivity index (χ0v) is 15.9. The van der Waals surface area contributed by atoms with Crippen LogP contribution in [0.15, 0.2) is 65.7 Å². The number of sulfonamides is 1. The van der Waals surface area contributed by atoms with Crippen LogP contribution >= 0.6 is 0 Å². The van der Waals surface area contributed by atoms with E-state index in [1.165, 1.54) is 28.6 Å². The van der Waals surface area contributed by atoms with Gasteiger partial charge in [-0.1, -0.05) is 18.2 Å². The summed E-state index contributed by atoms with van der Waals surface area (Å²) < 4.78 is 31.9. The second-order valence-electron chi connectivity index (χ2n) is 6.37. The van der Waals surface area contributed by atoms with Gasteiger partial charge in [0.05, 0.1) is 29.3 Å². The summed E-state index contributed by atoms with van der Waals surface area (Å²) in [6.07, 6.45) is 1.63. The normalized spacial score (nSPS) is 15.4. The Hall–Kier alpha value is -2.81. The lowest BCUT2D eigenvalue weighted by molar-refractivity contribution is 0.0730. The standard InChI is InChI=1S/C20H19N3O4S/c24-20(22-19-9-10-21-18-4-2-1-3-17(18)19)15-5-7-16(8-6-15)28(25,26)23-11-13-27-14-12-23/h1-10H,11-14H2,(H,21,22,24). The molecule has 1 aliphatic rings. The first-order chi connectivity index (χ1) is 13.6. The number of fused-ring (bicyclic) bond motifs is 1. The Kier molecular flexibility index (Phi) is 5.08. The van der Waals surface area contributed by atoms with Gasteiger partial charge in [0, 0.05) is 30.2 Å². The Bertz CT molecular complexity index is 1100. The number of para-hydroxylation sites is 1. The maximum atomic E-state index is 12.7. The minimum Gasteiger partial charge on any atom is -0.379 e. The number of pyridine rings is 1. The molecule has 1 fully saturated rings. The van der Waals surface area contributed by atoms with E-state index in [0.717, 1.165) is 10.9 Å². The van der Waals surface area contributed by atoms with Gasteiger partial charge in [0.15, 0.2) is 0 Å². The van der Waals surface area contributed by atoms with E-state index in [1.807, 2.05) is 24.3 Å². The average Bonchev–Trinajstić information content (AvgIpc) is 2.75. The number of carbonyl (C=O) groups is 1. The number of anilines is 1. The lowest BCUT2D eigenvalue weighted by atomic mass is 10.1. The van der Waals surface area contributed by atoms with E-state index in [9.17, 15) is 13.2 Å². The molecule has 1 aromatic heterocycles. The second kappa shape index (κ2) is 7.67. The molecule has 28 heavy (non-hydrogen) atoms. The van der Waals surface area contributed by atoms with Crippen molar-refractivity contribution in [2.75, 3.05) is 31.6 Å². The van der Waals surface area contributed by atoms with Crippen molar-refractivity contribution in [3.05, 3.63) is 66.4 Å². The smallest absolute Gasteiger partial charge is 0.255 e. The SMILES string of the molecule is O=C(Nc1ccnc2ccccc12)c1ccc(S(=O)(=O)N2CCOCC2)cc1. The molecule has 144 valence electrons. The molecule has 0 unspecified atom stereocenters. The number of nitrogens with one attached hydrogen (secondary N) is 1. The molecule has 0 atom stereocenters. The first kappa shape index (κ1) is 18.5. The van der Waals surface area contributed by atoms with Gasteiger partial charge in [0.25, 0.3) is 5.91 Å². The largest absolute Gasteiger partial charge is 0.379 e. The minimum absolute atomic E-state index is 0.167. The van der Waals surface area contributed by atoms with Gasteiger partial charge in [-0.2, -0.15) is 4.31 Å². The maximum absolute atomic E-state index is 12.7. The molecule has 1 N–H and O–H groups in total. The Morgan fingerprint density at radius 2 is 1.71 bits per heavy atom. The molecule has 1 saturated heterocycles. The number of benzene rings is 2. The summed E-state index contributed by atoms with van der Waals surface area (Å²) in [7, 11) is -3.58. The maximum Gasteiger partial charge on any atom is 0.255 e. The van der Waals surface area contributed by atoms with E-state index in [-0.39, 0.29) is 10.8 Å². The van der Waals surface area contributed by atoms with Crippen LogP contribution in [0.25, 0.3) is 10.9 Å². The Labute approximate surface area is 163 Å². The highest BCUT2D eigenvalue weighted by molar-refractivity contribution is 7.89. The van der Waals surface area contributed by atoms with Crippen LogP contribution in [0.5, 0.6) is 0 Å². The lowest BCUT2D eigenvalue weighted by Crippen LogP contribution is -2.40. The van der Waals surface area contributed by atoms with Crippen LogP contribution in [0.1, 0.15) is 10.4 Å². The number of aromatic nitrogens is 1. The quantitative estimate of drug-likeness (QED) is 0.731. The fourth-order valence-electron chi connectivity index (χ4n) is 3.11. The van der Waals surface area contributed by atoms with E-state index >= 15 is 0 Å². The van der Waals surface area contributed by atoms with Crippen LogP contribution < -0.4 is 5.32 Å². The summed E-state index contributed by atoms with van der Waals surface area (Å²) in [5.41, 5.74) is 1.81. The Balaban J connectivity index is 1.54. The summed E-state index contributed by atoms with van der Waals surface area (Å²) in [5.74, 6) is -0.313. The molecule has 0 radical (unpaired) electrons. The number of nitrogens with zero attached hydrogens (tertiary/aromatic N) is 2. The minimum atomic E-state index is -3.58. The van der Waals surface area contributed by atoms with Gasteiger partial charge in [0.2, 0.25) is 10.0 Å². The van der Waals surface area contributed by atoms with Crippen LogP contribution in [0, 0.1) is 0 Å². The van der Waals surface area contributed by atoms with Crippen molar-refractivity contribution >= 4 is 32.5 Å². The molecule has 0 spiro atoms. The zero-order chi connectivity index (χ0) is 19.6. The highest BCUT2D eigenvalue weighted by atomic mass is 32.2. The van der Waals surface area contributed by atoms with Crippen molar-refractivity contribution in [3.8, 4) is 0 Å². The first-order valence-corrected chi connectivity index (χ1v) is 10.3. The van der Waals surface area contributed by atoms with Crippen LogP contribution in [0.2, 0.25) is 0 Å². The third-order valence-electron chi connectivity index (χ3n) is 4.62. The van der Waals surface area contributed by atoms with Crippen molar-refractivity contribution in [1.29, 1.82) is 0 Å². The molecule has 7 nitrogen and oxygen atoms in total. The molecule has 3 aromatic rings. The number of amides is 1. The monoisotopic (exact) mass is 397 g/mol. The van der Waals surface area contributed by atoms with Crippen LogP contribution in [-0.4, -0.2) is 49.9 Å². The van der Waals surface area contributed by atoms with E-state index in [1.54, 1.807) is 12.3 Å². The summed E-state index contributed by atoms with van der Waals surface area (Å²) in [5, 5.41) is 3.71. The number of carbonyl (C=O) groups excluding carboxylic acids is 1. The topological polar surface area (TPSA) is 88.6 Å². The predicted molar refractivity (Wildman–Crippen MR) is 106 cm³/mol. The number of ether oxygens (including phenoxy) is 1. The molecule has 0 saturated carbocycles. The molecule has 0 aliphatic carbocycles. The number of rotatable bonds is 4. The van der Waals surface area contributed by atoms with Gasteiger partial charge in [-0.15, -0.1) is 0 Å². The van der Waals surface area contributed by atoms with Crippen molar-refractivity contribution in [3.63, 3.8) is 0 Å². The summed E-state index contributed by atoms with van der Waals surface area (Å²) in [6, 6.07) is 15.2. The number of hydrogen-bond donors (Lipinski definition) is 1. The highest BCUT2D eigenvalue weighted by Crippen LogP contribution is 2.22. The van der Waals surface area contributed by atoms with Crippen molar-refractivity contribution in [2.45, 2.75) is 4.90 Å². The van der Waals surface area contributed by atoms with Gasteiger partial charge < -0.3 is 10.1 Å².